The van der Waals surface area contributed by atoms with Crippen molar-refractivity contribution in [3.63, 3.8) is 0 Å². The molecule has 2 aromatic rings. The topological polar surface area (TPSA) is 59.5 Å². The largest absolute Gasteiger partial charge is 0.492 e. The SMILES string of the molecule is COC1=C(C)C(=O)c2nc(N3CCCCC3)cc(-c3ccccc3)c2C1=O. The number of rotatable bonds is 3. The number of benzene rings is 1. The number of hydrogen-bond acceptors (Lipinski definition) is 5. The Morgan fingerprint density at radius 1 is 1.00 bits per heavy atom. The molecule has 0 radical (unpaired) electrons. The summed E-state index contributed by atoms with van der Waals surface area (Å²) >= 11 is 0. The molecule has 5 nitrogen and oxygen atoms in total. The smallest absolute Gasteiger partial charge is 0.230 e. The van der Waals surface area contributed by atoms with Gasteiger partial charge in [-0.3, -0.25) is 9.59 Å². The number of nitrogens with zero attached hydrogens (tertiary/aromatic N) is 2. The van der Waals surface area contributed by atoms with E-state index in [1.807, 2.05) is 36.4 Å². The molecule has 1 saturated heterocycles. The van der Waals surface area contributed by atoms with Crippen molar-refractivity contribution in [3.8, 4) is 11.1 Å². The number of carbonyl (C=O) groups excluding carboxylic acids is 2. The minimum atomic E-state index is -0.277. The summed E-state index contributed by atoms with van der Waals surface area (Å²) in [6, 6.07) is 11.6. The number of fused-ring (bicyclic) bond motifs is 1. The van der Waals surface area contributed by atoms with Crippen molar-refractivity contribution in [1.82, 2.24) is 4.98 Å². The molecule has 0 saturated carbocycles. The monoisotopic (exact) mass is 362 g/mol. The van der Waals surface area contributed by atoms with Gasteiger partial charge in [0.05, 0.1) is 12.7 Å². The summed E-state index contributed by atoms with van der Waals surface area (Å²) in [6.45, 7) is 3.46. The van der Waals surface area contributed by atoms with E-state index >= 15 is 0 Å². The lowest BCUT2D eigenvalue weighted by molar-refractivity contribution is 0.0904. The predicted molar refractivity (Wildman–Crippen MR) is 104 cm³/mol. The number of aromatic nitrogens is 1. The third-order valence-corrected chi connectivity index (χ3v) is 5.30. The molecule has 0 spiro atoms. The van der Waals surface area contributed by atoms with Gasteiger partial charge < -0.3 is 9.64 Å². The van der Waals surface area contributed by atoms with Gasteiger partial charge in [-0.15, -0.1) is 0 Å². The Bertz CT molecular complexity index is 942. The molecule has 1 aromatic carbocycles. The van der Waals surface area contributed by atoms with Crippen LogP contribution < -0.4 is 4.90 Å². The van der Waals surface area contributed by atoms with Crippen LogP contribution in [0.25, 0.3) is 11.1 Å². The first-order chi connectivity index (χ1) is 13.1. The highest BCUT2D eigenvalue weighted by Crippen LogP contribution is 2.36. The molecule has 0 bridgehead atoms. The molecule has 1 fully saturated rings. The van der Waals surface area contributed by atoms with Crippen LogP contribution in [0.4, 0.5) is 5.82 Å². The van der Waals surface area contributed by atoms with Crippen LogP contribution in [0.1, 0.15) is 47.0 Å². The Kier molecular flexibility index (Phi) is 4.52. The van der Waals surface area contributed by atoms with Crippen LogP contribution in [0.5, 0.6) is 0 Å². The molecule has 1 aliphatic carbocycles. The lowest BCUT2D eigenvalue weighted by Crippen LogP contribution is -2.32. The number of allylic oxidation sites excluding steroid dienone is 2. The van der Waals surface area contributed by atoms with E-state index in [9.17, 15) is 9.59 Å². The Hall–Kier alpha value is -2.95. The normalized spacial score (nSPS) is 17.2. The molecule has 138 valence electrons. The first-order valence-corrected chi connectivity index (χ1v) is 9.31. The first kappa shape index (κ1) is 17.5. The summed E-state index contributed by atoms with van der Waals surface area (Å²) in [4.78, 5) is 32.9. The average Bonchev–Trinajstić information content (AvgIpc) is 2.73. The summed E-state index contributed by atoms with van der Waals surface area (Å²) in [6.07, 6.45) is 3.43. The quantitative estimate of drug-likeness (QED) is 0.825. The summed E-state index contributed by atoms with van der Waals surface area (Å²) in [5, 5.41) is 0. The van der Waals surface area contributed by atoms with Crippen molar-refractivity contribution in [1.29, 1.82) is 0 Å². The lowest BCUT2D eigenvalue weighted by Gasteiger charge is -2.30. The zero-order valence-corrected chi connectivity index (χ0v) is 15.6. The van der Waals surface area contributed by atoms with Gasteiger partial charge in [-0.05, 0) is 43.4 Å². The molecule has 0 amide bonds. The van der Waals surface area contributed by atoms with Crippen molar-refractivity contribution in [2.24, 2.45) is 0 Å². The summed E-state index contributed by atoms with van der Waals surface area (Å²) in [7, 11) is 1.42. The fourth-order valence-electron chi connectivity index (χ4n) is 3.87. The molecule has 27 heavy (non-hydrogen) atoms. The van der Waals surface area contributed by atoms with Gasteiger partial charge >= 0.3 is 0 Å². The maximum Gasteiger partial charge on any atom is 0.230 e. The van der Waals surface area contributed by atoms with Gasteiger partial charge in [-0.2, -0.15) is 0 Å². The molecular formula is C22H22N2O3. The third-order valence-electron chi connectivity index (χ3n) is 5.30. The van der Waals surface area contributed by atoms with Gasteiger partial charge in [0.25, 0.3) is 0 Å². The first-order valence-electron chi connectivity index (χ1n) is 9.31. The summed E-state index contributed by atoms with van der Waals surface area (Å²) in [5.41, 5.74) is 2.53. The standard InChI is InChI=1S/C22H22N2O3/c1-14-20(25)19-18(21(26)22(14)27-2)16(15-9-5-3-6-10-15)13-17(23-19)24-11-7-4-8-12-24/h3,5-6,9-10,13H,4,7-8,11-12H2,1-2H3. The van der Waals surface area contributed by atoms with E-state index < -0.39 is 0 Å². The number of ether oxygens (including phenoxy) is 1. The van der Waals surface area contributed by atoms with E-state index in [1.54, 1.807) is 6.92 Å². The molecule has 0 N–H and O–H groups in total. The Morgan fingerprint density at radius 3 is 2.37 bits per heavy atom. The van der Waals surface area contributed by atoms with Crippen LogP contribution in [0.15, 0.2) is 47.7 Å². The van der Waals surface area contributed by atoms with E-state index in [0.717, 1.165) is 42.9 Å². The van der Waals surface area contributed by atoms with E-state index in [1.165, 1.54) is 13.5 Å². The van der Waals surface area contributed by atoms with Gasteiger partial charge in [0.15, 0.2) is 5.76 Å². The molecular weight excluding hydrogens is 340 g/mol. The molecule has 4 rings (SSSR count). The second kappa shape index (κ2) is 6.99. The van der Waals surface area contributed by atoms with E-state index in [4.69, 9.17) is 4.74 Å². The predicted octanol–water partition coefficient (Wildman–Crippen LogP) is 4.04. The zero-order valence-electron chi connectivity index (χ0n) is 15.6. The Morgan fingerprint density at radius 2 is 1.70 bits per heavy atom. The number of hydrogen-bond donors (Lipinski definition) is 0. The van der Waals surface area contributed by atoms with Crippen LogP contribution in [0.2, 0.25) is 0 Å². The number of pyridine rings is 1. The number of carbonyl (C=O) groups is 2. The van der Waals surface area contributed by atoms with Crippen molar-refractivity contribution in [3.05, 3.63) is 59.0 Å². The van der Waals surface area contributed by atoms with Crippen LogP contribution >= 0.6 is 0 Å². The lowest BCUT2D eigenvalue weighted by atomic mass is 9.87. The van der Waals surface area contributed by atoms with Gasteiger partial charge in [0, 0.05) is 18.7 Å². The highest BCUT2D eigenvalue weighted by atomic mass is 16.5. The number of anilines is 1. The zero-order chi connectivity index (χ0) is 19.0. The number of ketones is 2. The molecule has 2 aliphatic rings. The number of Topliss-reactive ketones (excluding diaryl/α,β-unsaturated/α-hetero) is 2. The van der Waals surface area contributed by atoms with Gasteiger partial charge in [-0.25, -0.2) is 4.98 Å². The number of methoxy groups -OCH3 is 1. The van der Waals surface area contributed by atoms with Crippen molar-refractivity contribution >= 4 is 17.4 Å². The van der Waals surface area contributed by atoms with Gasteiger partial charge in [-0.1, -0.05) is 30.3 Å². The molecule has 5 heteroatoms. The maximum atomic E-state index is 13.1. The minimum Gasteiger partial charge on any atom is -0.492 e. The third kappa shape index (κ3) is 2.93. The number of piperidine rings is 1. The van der Waals surface area contributed by atoms with Gasteiger partial charge in [0.2, 0.25) is 11.6 Å². The van der Waals surface area contributed by atoms with Crippen molar-refractivity contribution < 1.29 is 14.3 Å². The van der Waals surface area contributed by atoms with Gasteiger partial charge in [0.1, 0.15) is 11.5 Å². The van der Waals surface area contributed by atoms with Crippen LogP contribution in [0, 0.1) is 0 Å². The molecule has 1 aromatic heterocycles. The van der Waals surface area contributed by atoms with E-state index in [0.29, 0.717) is 11.1 Å². The fraction of sp³-hybridized carbons (Fsp3) is 0.318. The fourth-order valence-corrected chi connectivity index (χ4v) is 3.87. The molecule has 0 atom stereocenters. The Balaban J connectivity index is 1.95. The highest BCUT2D eigenvalue weighted by Gasteiger charge is 2.35. The summed E-state index contributed by atoms with van der Waals surface area (Å²) in [5.74, 6) is 0.359. The van der Waals surface area contributed by atoms with E-state index in [-0.39, 0.29) is 23.0 Å². The maximum absolute atomic E-state index is 13.1. The Labute approximate surface area is 158 Å². The van der Waals surface area contributed by atoms with E-state index in [2.05, 4.69) is 9.88 Å². The molecule has 0 unspecified atom stereocenters. The van der Waals surface area contributed by atoms with Crippen molar-refractivity contribution in [2.45, 2.75) is 26.2 Å². The second-order valence-electron chi connectivity index (χ2n) is 6.98. The average molecular weight is 362 g/mol. The van der Waals surface area contributed by atoms with Crippen LogP contribution in [0.3, 0.4) is 0 Å². The van der Waals surface area contributed by atoms with Crippen LogP contribution in [-0.2, 0) is 4.74 Å². The minimum absolute atomic E-state index is 0.109. The van der Waals surface area contributed by atoms with Crippen molar-refractivity contribution in [2.75, 3.05) is 25.1 Å². The highest BCUT2D eigenvalue weighted by molar-refractivity contribution is 6.27. The van der Waals surface area contributed by atoms with Crippen LogP contribution in [-0.4, -0.2) is 36.7 Å². The molecule has 2 heterocycles. The summed E-state index contributed by atoms with van der Waals surface area (Å²) < 4.78 is 5.25. The second-order valence-corrected chi connectivity index (χ2v) is 6.98. The molecule has 1 aliphatic heterocycles.